The van der Waals surface area contributed by atoms with Crippen LogP contribution in [0.5, 0.6) is 5.75 Å². The third kappa shape index (κ3) is 2.62. The van der Waals surface area contributed by atoms with Gasteiger partial charge in [-0.1, -0.05) is 54.6 Å². The highest BCUT2D eigenvalue weighted by molar-refractivity contribution is 5.82. The van der Waals surface area contributed by atoms with E-state index in [9.17, 15) is 10.2 Å². The van der Waals surface area contributed by atoms with Crippen molar-refractivity contribution in [2.75, 3.05) is 0 Å². The first-order valence-electron chi connectivity index (χ1n) is 8.93. The fourth-order valence-corrected chi connectivity index (χ4v) is 3.80. The summed E-state index contributed by atoms with van der Waals surface area (Å²) in [7, 11) is 0. The van der Waals surface area contributed by atoms with E-state index in [1.165, 1.54) is 16.7 Å². The number of phenols is 1. The molecule has 0 spiro atoms. The summed E-state index contributed by atoms with van der Waals surface area (Å²) in [6.07, 6.45) is 0.823. The number of fused-ring (bicyclic) bond motifs is 3. The van der Waals surface area contributed by atoms with E-state index < -0.39 is 0 Å². The molecule has 0 bridgehead atoms. The maximum Gasteiger partial charge on any atom is 0.115 e. The topological polar surface area (TPSA) is 69.1 Å². The van der Waals surface area contributed by atoms with Gasteiger partial charge in [-0.05, 0) is 34.4 Å². The first-order chi connectivity index (χ1) is 13.2. The zero-order chi connectivity index (χ0) is 18.4. The van der Waals surface area contributed by atoms with Crippen LogP contribution < -0.4 is 0 Å². The van der Waals surface area contributed by atoms with Crippen LogP contribution in [0.25, 0.3) is 33.6 Å². The molecular formula is C23H18N2O2. The number of hydrogen-bond donors (Lipinski definition) is 3. The summed E-state index contributed by atoms with van der Waals surface area (Å²) in [4.78, 5) is 0. The van der Waals surface area contributed by atoms with Gasteiger partial charge in [0, 0.05) is 23.1 Å². The highest BCUT2D eigenvalue weighted by Crippen LogP contribution is 2.40. The van der Waals surface area contributed by atoms with Crippen molar-refractivity contribution < 1.29 is 10.2 Å². The Morgan fingerprint density at radius 3 is 2.22 bits per heavy atom. The van der Waals surface area contributed by atoms with Crippen molar-refractivity contribution in [3.05, 3.63) is 83.4 Å². The molecule has 0 radical (unpaired) electrons. The molecule has 4 heteroatoms. The molecular weight excluding hydrogens is 336 g/mol. The van der Waals surface area contributed by atoms with E-state index in [-0.39, 0.29) is 12.4 Å². The molecule has 132 valence electrons. The minimum Gasteiger partial charge on any atom is -0.508 e. The van der Waals surface area contributed by atoms with Crippen LogP contribution in [0.4, 0.5) is 0 Å². The summed E-state index contributed by atoms with van der Waals surface area (Å²) in [5.41, 5.74) is 9.83. The minimum absolute atomic E-state index is 0.0606. The zero-order valence-corrected chi connectivity index (χ0v) is 14.6. The number of nitrogens with zero attached hydrogens (tertiary/aromatic N) is 1. The molecule has 0 atom stereocenters. The Morgan fingerprint density at radius 2 is 1.52 bits per heavy atom. The molecule has 1 aromatic heterocycles. The number of aromatic nitrogens is 2. The average Bonchev–Trinajstić information content (AvgIpc) is 3.27. The molecule has 0 aliphatic heterocycles. The van der Waals surface area contributed by atoms with Gasteiger partial charge in [0.05, 0.1) is 18.0 Å². The molecule has 4 aromatic rings. The Morgan fingerprint density at radius 1 is 0.852 bits per heavy atom. The Labute approximate surface area is 156 Å². The van der Waals surface area contributed by atoms with Crippen molar-refractivity contribution in [2.45, 2.75) is 13.0 Å². The fourth-order valence-electron chi connectivity index (χ4n) is 3.80. The van der Waals surface area contributed by atoms with Crippen molar-refractivity contribution >= 4 is 0 Å². The predicted octanol–water partition coefficient (Wildman–Crippen LogP) is 4.51. The average molecular weight is 354 g/mol. The lowest BCUT2D eigenvalue weighted by Gasteiger charge is -2.05. The van der Waals surface area contributed by atoms with Crippen LogP contribution >= 0.6 is 0 Å². The van der Waals surface area contributed by atoms with Gasteiger partial charge >= 0.3 is 0 Å². The maximum absolute atomic E-state index is 9.44. The van der Waals surface area contributed by atoms with Crippen LogP contribution in [0.1, 0.15) is 16.7 Å². The van der Waals surface area contributed by atoms with Crippen LogP contribution in [0.2, 0.25) is 0 Å². The van der Waals surface area contributed by atoms with E-state index in [2.05, 4.69) is 46.6 Å². The van der Waals surface area contributed by atoms with E-state index in [0.717, 1.165) is 40.1 Å². The SMILES string of the molecule is OCc1ccc2c(c1)Cc1c(-c3ccc(-c4ccc(O)cc4)cc3)n[nH]c1-2. The van der Waals surface area contributed by atoms with Gasteiger partial charge in [-0.2, -0.15) is 5.10 Å². The summed E-state index contributed by atoms with van der Waals surface area (Å²) in [6.45, 7) is 0.0606. The molecule has 0 amide bonds. The summed E-state index contributed by atoms with van der Waals surface area (Å²) in [5, 5.41) is 26.6. The number of aromatic hydroxyl groups is 1. The monoisotopic (exact) mass is 354 g/mol. The standard InChI is InChI=1S/C23H18N2O2/c26-13-14-1-10-20-18(11-14)12-21-22(24-25-23(20)21)17-4-2-15(3-5-17)16-6-8-19(27)9-7-16/h1-11,26-27H,12-13H2,(H,24,25). The fraction of sp³-hybridized carbons (Fsp3) is 0.0870. The molecule has 0 fully saturated rings. The molecule has 0 saturated heterocycles. The van der Waals surface area contributed by atoms with Crippen LogP contribution in [0.3, 0.4) is 0 Å². The second kappa shape index (κ2) is 6.11. The first kappa shape index (κ1) is 15.9. The Kier molecular flexibility index (Phi) is 3.59. The van der Waals surface area contributed by atoms with E-state index >= 15 is 0 Å². The Balaban J connectivity index is 1.49. The molecule has 4 nitrogen and oxygen atoms in total. The molecule has 27 heavy (non-hydrogen) atoms. The smallest absolute Gasteiger partial charge is 0.115 e. The molecule has 3 N–H and O–H groups in total. The van der Waals surface area contributed by atoms with Crippen LogP contribution in [-0.2, 0) is 13.0 Å². The third-order valence-corrected chi connectivity index (χ3v) is 5.21. The van der Waals surface area contributed by atoms with Crippen LogP contribution in [-0.4, -0.2) is 20.4 Å². The molecule has 0 saturated carbocycles. The minimum atomic E-state index is 0.0606. The number of hydrogen-bond acceptors (Lipinski definition) is 3. The van der Waals surface area contributed by atoms with Gasteiger partial charge in [-0.25, -0.2) is 0 Å². The van der Waals surface area contributed by atoms with Crippen molar-refractivity contribution in [1.29, 1.82) is 0 Å². The number of H-pyrrole nitrogens is 1. The lowest BCUT2D eigenvalue weighted by atomic mass is 10.0. The molecule has 5 rings (SSSR count). The maximum atomic E-state index is 9.44. The van der Waals surface area contributed by atoms with Gasteiger partial charge in [-0.3, -0.25) is 5.10 Å². The number of nitrogens with one attached hydrogen (secondary N) is 1. The second-order valence-electron chi connectivity index (χ2n) is 6.88. The highest BCUT2D eigenvalue weighted by Gasteiger charge is 2.25. The summed E-state index contributed by atoms with van der Waals surface area (Å²) in [5.74, 6) is 0.270. The van der Waals surface area contributed by atoms with Gasteiger partial charge < -0.3 is 10.2 Å². The van der Waals surface area contributed by atoms with E-state index in [1.54, 1.807) is 12.1 Å². The molecule has 0 unspecified atom stereocenters. The highest BCUT2D eigenvalue weighted by atomic mass is 16.3. The molecule has 1 heterocycles. The van der Waals surface area contributed by atoms with Crippen molar-refractivity contribution in [3.8, 4) is 39.4 Å². The number of aliphatic hydroxyl groups is 1. The quantitative estimate of drug-likeness (QED) is 0.446. The van der Waals surface area contributed by atoms with Gasteiger partial charge in [0.2, 0.25) is 0 Å². The van der Waals surface area contributed by atoms with Crippen molar-refractivity contribution in [1.82, 2.24) is 10.2 Å². The molecule has 3 aromatic carbocycles. The lowest BCUT2D eigenvalue weighted by Crippen LogP contribution is -1.90. The van der Waals surface area contributed by atoms with Crippen molar-refractivity contribution in [3.63, 3.8) is 0 Å². The van der Waals surface area contributed by atoms with Gasteiger partial charge in [0.15, 0.2) is 0 Å². The number of aliphatic hydroxyl groups excluding tert-OH is 1. The normalized spacial score (nSPS) is 12.0. The summed E-state index contributed by atoms with van der Waals surface area (Å²) < 4.78 is 0. The number of phenolic OH excluding ortho intramolecular Hbond substituents is 1. The molecule has 1 aliphatic carbocycles. The summed E-state index contributed by atoms with van der Waals surface area (Å²) in [6, 6.07) is 21.6. The van der Waals surface area contributed by atoms with Gasteiger partial charge in [0.1, 0.15) is 5.75 Å². The van der Waals surface area contributed by atoms with E-state index in [0.29, 0.717) is 0 Å². The Bertz CT molecular complexity index is 1130. The van der Waals surface area contributed by atoms with E-state index in [1.807, 2.05) is 18.2 Å². The zero-order valence-electron chi connectivity index (χ0n) is 14.6. The van der Waals surface area contributed by atoms with E-state index in [4.69, 9.17) is 0 Å². The van der Waals surface area contributed by atoms with Crippen LogP contribution in [0.15, 0.2) is 66.7 Å². The van der Waals surface area contributed by atoms with Crippen LogP contribution in [0, 0.1) is 0 Å². The summed E-state index contributed by atoms with van der Waals surface area (Å²) >= 11 is 0. The van der Waals surface area contributed by atoms with Gasteiger partial charge in [0.25, 0.3) is 0 Å². The lowest BCUT2D eigenvalue weighted by molar-refractivity contribution is 0.282. The predicted molar refractivity (Wildman–Crippen MR) is 105 cm³/mol. The first-order valence-corrected chi connectivity index (χ1v) is 8.93. The second-order valence-corrected chi connectivity index (χ2v) is 6.88. The third-order valence-electron chi connectivity index (χ3n) is 5.21. The van der Waals surface area contributed by atoms with Crippen molar-refractivity contribution in [2.24, 2.45) is 0 Å². The Hall–Kier alpha value is -3.37. The largest absolute Gasteiger partial charge is 0.508 e. The van der Waals surface area contributed by atoms with Gasteiger partial charge in [-0.15, -0.1) is 0 Å². The number of rotatable bonds is 3. The molecule has 1 aliphatic rings. The number of benzene rings is 3. The number of aromatic amines is 1.